The number of carbonyl (C=O) groups is 1. The van der Waals surface area contributed by atoms with E-state index < -0.39 is 0 Å². The van der Waals surface area contributed by atoms with Crippen molar-refractivity contribution in [1.82, 2.24) is 9.88 Å². The van der Waals surface area contributed by atoms with E-state index in [-0.39, 0.29) is 11.9 Å². The lowest BCUT2D eigenvalue weighted by atomic mass is 10.3. The molecule has 3 nitrogen and oxygen atoms in total. The molecule has 23 heavy (non-hydrogen) atoms. The van der Waals surface area contributed by atoms with Gasteiger partial charge in [-0.3, -0.25) is 4.79 Å². The fourth-order valence-electron chi connectivity index (χ4n) is 2.11. The number of benzene rings is 1. The Kier molecular flexibility index (Phi) is 4.94. The van der Waals surface area contributed by atoms with Crippen LogP contribution in [-0.4, -0.2) is 22.8 Å². The number of hydrogen-bond acceptors (Lipinski definition) is 4. The second kappa shape index (κ2) is 6.95. The number of thiophene rings is 1. The SMILES string of the molecule is C[C@H](c1nc2ccccc2s1)N(C)C(=O)/C=C/c1ccc(Br)s1. The summed E-state index contributed by atoms with van der Waals surface area (Å²) in [4.78, 5) is 19.8. The molecule has 0 radical (unpaired) electrons. The Morgan fingerprint density at radius 3 is 2.74 bits per heavy atom. The quantitative estimate of drug-likeness (QED) is 0.546. The van der Waals surface area contributed by atoms with Gasteiger partial charge in [0, 0.05) is 18.0 Å². The highest BCUT2D eigenvalue weighted by Gasteiger charge is 2.19. The van der Waals surface area contributed by atoms with Gasteiger partial charge in [-0.05, 0) is 53.2 Å². The molecule has 0 spiro atoms. The predicted molar refractivity (Wildman–Crippen MR) is 102 cm³/mol. The Morgan fingerprint density at radius 1 is 1.26 bits per heavy atom. The molecule has 0 saturated heterocycles. The van der Waals surface area contributed by atoms with E-state index in [0.717, 1.165) is 23.9 Å². The molecule has 1 atom stereocenters. The summed E-state index contributed by atoms with van der Waals surface area (Å²) in [6.45, 7) is 2.01. The van der Waals surface area contributed by atoms with Crippen molar-refractivity contribution in [1.29, 1.82) is 0 Å². The third kappa shape index (κ3) is 3.71. The Hall–Kier alpha value is -1.50. The summed E-state index contributed by atoms with van der Waals surface area (Å²) in [5.74, 6) is -0.0266. The molecule has 2 aromatic heterocycles. The number of thiazole rings is 1. The minimum absolute atomic E-state index is 0.0266. The fourth-order valence-corrected chi connectivity index (χ4v) is 4.50. The van der Waals surface area contributed by atoms with Crippen molar-refractivity contribution in [2.45, 2.75) is 13.0 Å². The van der Waals surface area contributed by atoms with Crippen LogP contribution >= 0.6 is 38.6 Å². The second-order valence-corrected chi connectivity index (χ2v) is 8.68. The highest BCUT2D eigenvalue weighted by molar-refractivity contribution is 9.11. The van der Waals surface area contributed by atoms with E-state index in [4.69, 9.17) is 0 Å². The zero-order valence-electron chi connectivity index (χ0n) is 12.7. The third-order valence-electron chi connectivity index (χ3n) is 3.58. The summed E-state index contributed by atoms with van der Waals surface area (Å²) in [5.41, 5.74) is 0.985. The molecule has 0 aliphatic rings. The minimum Gasteiger partial charge on any atom is -0.333 e. The Balaban J connectivity index is 1.74. The number of rotatable bonds is 4. The van der Waals surface area contributed by atoms with Gasteiger partial charge in [-0.2, -0.15) is 0 Å². The van der Waals surface area contributed by atoms with Crippen LogP contribution in [0.3, 0.4) is 0 Å². The predicted octanol–water partition coefficient (Wildman–Crippen LogP) is 5.35. The standard InChI is InChI=1S/C17H15BrN2OS2/c1-11(17-19-13-5-3-4-6-14(13)23-17)20(2)16(21)10-8-12-7-9-15(18)22-12/h3-11H,1-2H3/b10-8+/t11-/m1/s1. The van der Waals surface area contributed by atoms with Gasteiger partial charge in [0.2, 0.25) is 5.91 Å². The number of amides is 1. The topological polar surface area (TPSA) is 33.2 Å². The monoisotopic (exact) mass is 406 g/mol. The normalized spacial score (nSPS) is 12.8. The van der Waals surface area contributed by atoms with Gasteiger partial charge < -0.3 is 4.90 Å². The third-order valence-corrected chi connectivity index (χ3v) is 6.38. The lowest BCUT2D eigenvalue weighted by molar-refractivity contribution is -0.126. The Labute approximate surface area is 151 Å². The van der Waals surface area contributed by atoms with E-state index in [0.29, 0.717) is 0 Å². The van der Waals surface area contributed by atoms with Crippen molar-refractivity contribution >= 4 is 60.8 Å². The summed E-state index contributed by atoms with van der Waals surface area (Å²) in [6, 6.07) is 11.9. The van der Waals surface area contributed by atoms with Crippen LogP contribution in [0.4, 0.5) is 0 Å². The van der Waals surface area contributed by atoms with Gasteiger partial charge in [0.15, 0.2) is 0 Å². The van der Waals surface area contributed by atoms with Crippen LogP contribution in [0.1, 0.15) is 22.9 Å². The molecular weight excluding hydrogens is 392 g/mol. The molecule has 1 amide bonds. The van der Waals surface area contributed by atoms with E-state index in [1.807, 2.05) is 50.4 Å². The minimum atomic E-state index is -0.0559. The number of nitrogens with zero attached hydrogens (tertiary/aromatic N) is 2. The Morgan fingerprint density at radius 2 is 2.04 bits per heavy atom. The first-order valence-corrected chi connectivity index (χ1v) is 9.53. The maximum atomic E-state index is 12.4. The molecule has 6 heteroatoms. The molecule has 118 valence electrons. The van der Waals surface area contributed by atoms with Crippen molar-refractivity contribution in [2.24, 2.45) is 0 Å². The molecule has 3 aromatic rings. The average Bonchev–Trinajstić information content (AvgIpc) is 3.16. The van der Waals surface area contributed by atoms with Crippen molar-refractivity contribution in [3.63, 3.8) is 0 Å². The second-order valence-electron chi connectivity index (χ2n) is 5.12. The summed E-state index contributed by atoms with van der Waals surface area (Å²) in [6.07, 6.45) is 3.46. The Bertz CT molecular complexity index is 835. The number of fused-ring (bicyclic) bond motifs is 1. The molecule has 3 rings (SSSR count). The van der Waals surface area contributed by atoms with Crippen LogP contribution in [0, 0.1) is 0 Å². The van der Waals surface area contributed by atoms with Crippen LogP contribution in [0.15, 0.2) is 46.3 Å². The number of para-hydroxylation sites is 1. The van der Waals surface area contributed by atoms with Crippen LogP contribution in [0.2, 0.25) is 0 Å². The first kappa shape index (κ1) is 16.4. The van der Waals surface area contributed by atoms with E-state index in [1.54, 1.807) is 33.6 Å². The van der Waals surface area contributed by atoms with Gasteiger partial charge in [0.05, 0.1) is 20.0 Å². The van der Waals surface area contributed by atoms with E-state index in [1.165, 1.54) is 0 Å². The summed E-state index contributed by atoms with van der Waals surface area (Å²) in [5, 5.41) is 0.953. The molecule has 0 fully saturated rings. The van der Waals surface area contributed by atoms with Gasteiger partial charge in [-0.1, -0.05) is 12.1 Å². The first-order chi connectivity index (χ1) is 11.0. The first-order valence-electron chi connectivity index (χ1n) is 7.10. The van der Waals surface area contributed by atoms with Gasteiger partial charge in [0.1, 0.15) is 5.01 Å². The van der Waals surface area contributed by atoms with Crippen molar-refractivity contribution < 1.29 is 4.79 Å². The summed E-state index contributed by atoms with van der Waals surface area (Å²) in [7, 11) is 1.81. The maximum Gasteiger partial charge on any atom is 0.246 e. The number of hydrogen-bond donors (Lipinski definition) is 0. The largest absolute Gasteiger partial charge is 0.333 e. The lowest BCUT2D eigenvalue weighted by Gasteiger charge is -2.21. The summed E-state index contributed by atoms with van der Waals surface area (Å²) < 4.78 is 2.20. The van der Waals surface area contributed by atoms with Gasteiger partial charge in [-0.15, -0.1) is 22.7 Å². The fraction of sp³-hybridized carbons (Fsp3) is 0.176. The molecule has 0 aliphatic carbocycles. The smallest absolute Gasteiger partial charge is 0.246 e. The molecule has 0 N–H and O–H groups in total. The van der Waals surface area contributed by atoms with Crippen LogP contribution in [-0.2, 0) is 4.79 Å². The zero-order valence-corrected chi connectivity index (χ0v) is 15.9. The van der Waals surface area contributed by atoms with Crippen molar-refractivity contribution in [3.8, 4) is 0 Å². The average molecular weight is 407 g/mol. The van der Waals surface area contributed by atoms with Gasteiger partial charge in [0.25, 0.3) is 0 Å². The van der Waals surface area contributed by atoms with Gasteiger partial charge >= 0.3 is 0 Å². The molecule has 0 unspecified atom stereocenters. The van der Waals surface area contributed by atoms with Crippen molar-refractivity contribution in [3.05, 3.63) is 56.1 Å². The molecule has 0 bridgehead atoms. The molecule has 0 aliphatic heterocycles. The lowest BCUT2D eigenvalue weighted by Crippen LogP contribution is -2.27. The van der Waals surface area contributed by atoms with Gasteiger partial charge in [-0.25, -0.2) is 4.98 Å². The molecule has 2 heterocycles. The number of halogens is 1. The van der Waals surface area contributed by atoms with E-state index >= 15 is 0 Å². The van der Waals surface area contributed by atoms with E-state index in [9.17, 15) is 4.79 Å². The highest BCUT2D eigenvalue weighted by Crippen LogP contribution is 2.29. The maximum absolute atomic E-state index is 12.4. The van der Waals surface area contributed by atoms with Crippen molar-refractivity contribution in [2.75, 3.05) is 7.05 Å². The number of likely N-dealkylation sites (N-methyl/N-ethyl adjacent to an activating group) is 1. The van der Waals surface area contributed by atoms with Crippen LogP contribution in [0.25, 0.3) is 16.3 Å². The zero-order chi connectivity index (χ0) is 16.4. The molecular formula is C17H15BrN2OS2. The molecule has 1 aromatic carbocycles. The molecule has 0 saturated carbocycles. The highest BCUT2D eigenvalue weighted by atomic mass is 79.9. The van der Waals surface area contributed by atoms with Crippen LogP contribution in [0.5, 0.6) is 0 Å². The summed E-state index contributed by atoms with van der Waals surface area (Å²) >= 11 is 6.65. The van der Waals surface area contributed by atoms with Crippen LogP contribution < -0.4 is 0 Å². The number of carbonyl (C=O) groups excluding carboxylic acids is 1. The number of aromatic nitrogens is 1. The van der Waals surface area contributed by atoms with E-state index in [2.05, 4.69) is 27.0 Å².